The molecule has 9 heteroatoms. The van der Waals surface area contributed by atoms with Gasteiger partial charge in [0.05, 0.1) is 26.5 Å². The quantitative estimate of drug-likeness (QED) is 0.652. The molecule has 1 aliphatic heterocycles. The number of anilines is 2. The molecule has 1 aromatic heterocycles. The van der Waals surface area contributed by atoms with E-state index in [2.05, 4.69) is 25.5 Å². The summed E-state index contributed by atoms with van der Waals surface area (Å²) in [6, 6.07) is 6.17. The van der Waals surface area contributed by atoms with Gasteiger partial charge in [-0.15, -0.1) is 0 Å². The Balaban J connectivity index is 1.73. The first-order valence-corrected chi connectivity index (χ1v) is 7.42. The second-order valence-electron chi connectivity index (χ2n) is 4.97. The lowest BCUT2D eigenvalue weighted by Crippen LogP contribution is -2.37. The number of hydrogen-bond donors (Lipinski definition) is 1. The van der Waals surface area contributed by atoms with Crippen LogP contribution in [0.2, 0.25) is 0 Å². The van der Waals surface area contributed by atoms with E-state index in [4.69, 9.17) is 9.47 Å². The lowest BCUT2D eigenvalue weighted by molar-refractivity contribution is 0.122. The van der Waals surface area contributed by atoms with E-state index < -0.39 is 0 Å². The first-order chi connectivity index (χ1) is 11.7. The maximum atomic E-state index is 12.9. The Hall–Kier alpha value is -2.81. The summed E-state index contributed by atoms with van der Waals surface area (Å²) in [5.41, 5.74) is 3.49. The van der Waals surface area contributed by atoms with Crippen molar-refractivity contribution in [3.8, 4) is 6.01 Å². The van der Waals surface area contributed by atoms with Crippen molar-refractivity contribution < 1.29 is 13.9 Å². The predicted molar refractivity (Wildman–Crippen MR) is 87.0 cm³/mol. The van der Waals surface area contributed by atoms with Crippen LogP contribution in [-0.2, 0) is 4.74 Å². The minimum Gasteiger partial charge on any atom is -0.467 e. The van der Waals surface area contributed by atoms with Crippen LogP contribution in [0.5, 0.6) is 6.01 Å². The molecule has 0 saturated carbocycles. The van der Waals surface area contributed by atoms with Crippen molar-refractivity contribution in [2.75, 3.05) is 43.7 Å². The normalized spacial score (nSPS) is 14.8. The summed E-state index contributed by atoms with van der Waals surface area (Å²) >= 11 is 0. The molecule has 1 saturated heterocycles. The highest BCUT2D eigenvalue weighted by Gasteiger charge is 2.16. The van der Waals surface area contributed by atoms with Crippen LogP contribution in [0.1, 0.15) is 5.56 Å². The van der Waals surface area contributed by atoms with E-state index in [1.54, 1.807) is 18.3 Å². The molecule has 1 fully saturated rings. The number of nitrogens with zero attached hydrogens (tertiary/aromatic N) is 5. The van der Waals surface area contributed by atoms with Crippen molar-refractivity contribution in [1.29, 1.82) is 0 Å². The van der Waals surface area contributed by atoms with Gasteiger partial charge in [0.25, 0.3) is 5.95 Å². The summed E-state index contributed by atoms with van der Waals surface area (Å²) < 4.78 is 23.3. The second-order valence-corrected chi connectivity index (χ2v) is 4.97. The van der Waals surface area contributed by atoms with Gasteiger partial charge in [0.2, 0.25) is 5.95 Å². The third-order valence-electron chi connectivity index (χ3n) is 3.33. The molecular formula is C15H17FN6O2. The molecule has 0 radical (unpaired) electrons. The Morgan fingerprint density at radius 1 is 1.21 bits per heavy atom. The van der Waals surface area contributed by atoms with Crippen LogP contribution in [0, 0.1) is 5.82 Å². The SMILES string of the molecule is COc1nc(NN=Cc2ccc(F)cc2)nc(N2CCOCC2)n1. The molecule has 0 aliphatic carbocycles. The summed E-state index contributed by atoms with van der Waals surface area (Å²) in [6.45, 7) is 2.65. The molecule has 1 N–H and O–H groups in total. The highest BCUT2D eigenvalue weighted by Crippen LogP contribution is 2.16. The first-order valence-electron chi connectivity index (χ1n) is 7.42. The van der Waals surface area contributed by atoms with Gasteiger partial charge >= 0.3 is 6.01 Å². The predicted octanol–water partition coefficient (Wildman–Crippen LogP) is 1.30. The number of aromatic nitrogens is 3. The van der Waals surface area contributed by atoms with Gasteiger partial charge in [0.15, 0.2) is 0 Å². The van der Waals surface area contributed by atoms with E-state index in [9.17, 15) is 4.39 Å². The van der Waals surface area contributed by atoms with Gasteiger partial charge in [-0.1, -0.05) is 12.1 Å². The molecule has 1 aromatic carbocycles. The minimum atomic E-state index is -0.294. The van der Waals surface area contributed by atoms with E-state index in [1.165, 1.54) is 19.2 Å². The van der Waals surface area contributed by atoms with Gasteiger partial charge in [0, 0.05) is 13.1 Å². The molecule has 0 unspecified atom stereocenters. The smallest absolute Gasteiger partial charge is 0.322 e. The van der Waals surface area contributed by atoms with Gasteiger partial charge in [0.1, 0.15) is 5.82 Å². The fraction of sp³-hybridized carbons (Fsp3) is 0.333. The fourth-order valence-electron chi connectivity index (χ4n) is 2.11. The Kier molecular flexibility index (Phi) is 5.12. The number of methoxy groups -OCH3 is 1. The van der Waals surface area contributed by atoms with Crippen molar-refractivity contribution in [3.05, 3.63) is 35.6 Å². The number of hydrogen-bond acceptors (Lipinski definition) is 8. The van der Waals surface area contributed by atoms with Gasteiger partial charge < -0.3 is 14.4 Å². The highest BCUT2D eigenvalue weighted by molar-refractivity contribution is 5.79. The van der Waals surface area contributed by atoms with Crippen molar-refractivity contribution in [2.24, 2.45) is 5.10 Å². The van der Waals surface area contributed by atoms with Crippen LogP contribution in [0.4, 0.5) is 16.3 Å². The molecule has 0 amide bonds. The number of morpholine rings is 1. The van der Waals surface area contributed by atoms with Crippen LogP contribution in [0.3, 0.4) is 0 Å². The fourth-order valence-corrected chi connectivity index (χ4v) is 2.11. The summed E-state index contributed by atoms with van der Waals surface area (Å²) in [6.07, 6.45) is 1.55. The van der Waals surface area contributed by atoms with Gasteiger partial charge in [-0.05, 0) is 17.7 Å². The summed E-state index contributed by atoms with van der Waals surface area (Å²) in [5.74, 6) is 0.476. The van der Waals surface area contributed by atoms with E-state index in [0.29, 0.717) is 32.3 Å². The summed E-state index contributed by atoms with van der Waals surface area (Å²) in [5, 5.41) is 4.05. The largest absolute Gasteiger partial charge is 0.467 e. The topological polar surface area (TPSA) is 84.8 Å². The maximum Gasteiger partial charge on any atom is 0.322 e. The van der Waals surface area contributed by atoms with Gasteiger partial charge in [-0.2, -0.15) is 20.1 Å². The average molecular weight is 332 g/mol. The van der Waals surface area contributed by atoms with E-state index in [0.717, 1.165) is 5.56 Å². The van der Waals surface area contributed by atoms with Crippen molar-refractivity contribution in [1.82, 2.24) is 15.0 Å². The Bertz CT molecular complexity index is 704. The Labute approximate surface area is 138 Å². The number of hydrazone groups is 1. The van der Waals surface area contributed by atoms with Crippen molar-refractivity contribution in [2.45, 2.75) is 0 Å². The molecule has 2 aromatic rings. The van der Waals surface area contributed by atoms with Crippen LogP contribution in [0.25, 0.3) is 0 Å². The molecule has 3 rings (SSSR count). The summed E-state index contributed by atoms with van der Waals surface area (Å²) in [7, 11) is 1.49. The Morgan fingerprint density at radius 3 is 2.67 bits per heavy atom. The molecule has 24 heavy (non-hydrogen) atoms. The van der Waals surface area contributed by atoms with Crippen molar-refractivity contribution >= 4 is 18.1 Å². The maximum absolute atomic E-state index is 12.9. The van der Waals surface area contributed by atoms with Crippen LogP contribution in [0.15, 0.2) is 29.4 Å². The summed E-state index contributed by atoms with van der Waals surface area (Å²) in [4.78, 5) is 14.7. The molecule has 0 bridgehead atoms. The Morgan fingerprint density at radius 2 is 1.96 bits per heavy atom. The molecule has 8 nitrogen and oxygen atoms in total. The number of rotatable bonds is 5. The standard InChI is InChI=1S/C15H17FN6O2/c1-23-15-19-13(18-14(20-15)22-6-8-24-9-7-22)21-17-10-11-2-4-12(16)5-3-11/h2-5,10H,6-9H2,1H3,(H,18,19,20,21). The van der Waals surface area contributed by atoms with Crippen LogP contribution in [-0.4, -0.2) is 54.6 Å². The van der Waals surface area contributed by atoms with E-state index in [1.807, 2.05) is 4.90 Å². The van der Waals surface area contributed by atoms with E-state index in [-0.39, 0.29) is 17.8 Å². The lowest BCUT2D eigenvalue weighted by atomic mass is 10.2. The third kappa shape index (κ3) is 4.13. The molecule has 0 atom stereocenters. The monoisotopic (exact) mass is 332 g/mol. The lowest BCUT2D eigenvalue weighted by Gasteiger charge is -2.26. The first kappa shape index (κ1) is 16.1. The molecule has 126 valence electrons. The van der Waals surface area contributed by atoms with Crippen LogP contribution < -0.4 is 15.1 Å². The second kappa shape index (κ2) is 7.64. The third-order valence-corrected chi connectivity index (χ3v) is 3.33. The van der Waals surface area contributed by atoms with Gasteiger partial charge in [-0.25, -0.2) is 9.82 Å². The zero-order valence-electron chi connectivity index (χ0n) is 13.1. The van der Waals surface area contributed by atoms with Crippen molar-refractivity contribution in [3.63, 3.8) is 0 Å². The van der Waals surface area contributed by atoms with E-state index >= 15 is 0 Å². The number of halogens is 1. The number of benzene rings is 1. The highest BCUT2D eigenvalue weighted by atomic mass is 19.1. The molecule has 1 aliphatic rings. The van der Waals surface area contributed by atoms with Crippen LogP contribution >= 0.6 is 0 Å². The molecular weight excluding hydrogens is 315 g/mol. The minimum absolute atomic E-state index is 0.200. The van der Waals surface area contributed by atoms with Gasteiger partial charge in [-0.3, -0.25) is 0 Å². The average Bonchev–Trinajstić information content (AvgIpc) is 2.64. The number of ether oxygens (including phenoxy) is 2. The zero-order chi connectivity index (χ0) is 16.8. The zero-order valence-corrected chi connectivity index (χ0v) is 13.1. The molecule has 2 heterocycles. The number of nitrogens with one attached hydrogen (secondary N) is 1. The molecule has 0 spiro atoms.